The molecule has 2 N–H and O–H groups in total. The minimum atomic E-state index is 0.448. The Morgan fingerprint density at radius 2 is 2.21 bits per heavy atom. The van der Waals surface area contributed by atoms with E-state index in [1.807, 2.05) is 36.0 Å². The first-order chi connectivity index (χ1) is 6.81. The summed E-state index contributed by atoms with van der Waals surface area (Å²) < 4.78 is 1.92. The Bertz CT molecular complexity index is 419. The molecule has 0 unspecified atom stereocenters. The fourth-order valence-corrected chi connectivity index (χ4v) is 1.33. The molecule has 14 heavy (non-hydrogen) atoms. The number of rotatable bonds is 2. The van der Waals surface area contributed by atoms with Crippen molar-refractivity contribution < 1.29 is 0 Å². The Hall–Kier alpha value is -1.68. The molecule has 2 heterocycles. The van der Waals surface area contributed by atoms with E-state index in [9.17, 15) is 0 Å². The van der Waals surface area contributed by atoms with Crippen LogP contribution in [0.1, 0.15) is 5.82 Å². The summed E-state index contributed by atoms with van der Waals surface area (Å²) in [5, 5.41) is 0. The molecule has 0 aromatic carbocycles. The Kier molecular flexibility index (Phi) is 2.28. The lowest BCUT2D eigenvalue weighted by atomic mass is 10.3. The number of pyridine rings is 1. The molecule has 0 atom stereocenters. The molecule has 0 aliphatic heterocycles. The fraction of sp³-hybridized carbons (Fsp3) is 0.200. The molecule has 0 saturated heterocycles. The molecule has 2 aromatic heterocycles. The van der Waals surface area contributed by atoms with E-state index in [0.29, 0.717) is 6.54 Å². The van der Waals surface area contributed by atoms with E-state index in [1.54, 1.807) is 6.20 Å². The summed E-state index contributed by atoms with van der Waals surface area (Å²) in [4.78, 5) is 8.60. The van der Waals surface area contributed by atoms with Gasteiger partial charge in [-0.25, -0.2) is 4.98 Å². The van der Waals surface area contributed by atoms with Gasteiger partial charge >= 0.3 is 0 Å². The van der Waals surface area contributed by atoms with Crippen LogP contribution in [0, 0.1) is 0 Å². The first-order valence-electron chi connectivity index (χ1n) is 4.45. The normalized spacial score (nSPS) is 10.4. The summed E-state index contributed by atoms with van der Waals surface area (Å²) in [6.07, 6.45) is 3.69. The van der Waals surface area contributed by atoms with Crippen LogP contribution in [0.3, 0.4) is 0 Å². The molecule has 0 aliphatic carbocycles. The van der Waals surface area contributed by atoms with Crippen molar-refractivity contribution in [1.29, 1.82) is 0 Å². The third-order valence-electron chi connectivity index (χ3n) is 2.08. The summed E-state index contributed by atoms with van der Waals surface area (Å²) in [6.45, 7) is 0.448. The van der Waals surface area contributed by atoms with E-state index in [4.69, 9.17) is 5.73 Å². The van der Waals surface area contributed by atoms with E-state index in [2.05, 4.69) is 9.97 Å². The van der Waals surface area contributed by atoms with Crippen LogP contribution < -0.4 is 5.73 Å². The molecule has 4 nitrogen and oxygen atoms in total. The van der Waals surface area contributed by atoms with Gasteiger partial charge in [-0.1, -0.05) is 6.07 Å². The van der Waals surface area contributed by atoms with Gasteiger partial charge in [0, 0.05) is 19.4 Å². The van der Waals surface area contributed by atoms with Crippen molar-refractivity contribution in [2.24, 2.45) is 12.8 Å². The van der Waals surface area contributed by atoms with Crippen LogP contribution in [0.2, 0.25) is 0 Å². The van der Waals surface area contributed by atoms with Gasteiger partial charge in [0.25, 0.3) is 0 Å². The maximum Gasteiger partial charge on any atom is 0.123 e. The molecule has 4 heteroatoms. The molecular weight excluding hydrogens is 176 g/mol. The maximum absolute atomic E-state index is 5.54. The molecule has 72 valence electrons. The summed E-state index contributed by atoms with van der Waals surface area (Å²) in [5.41, 5.74) is 7.28. The molecule has 2 aromatic rings. The van der Waals surface area contributed by atoms with Crippen molar-refractivity contribution >= 4 is 0 Å². The van der Waals surface area contributed by atoms with Gasteiger partial charge in [-0.3, -0.25) is 4.98 Å². The van der Waals surface area contributed by atoms with Gasteiger partial charge in [0.05, 0.1) is 12.2 Å². The third-order valence-corrected chi connectivity index (χ3v) is 2.08. The van der Waals surface area contributed by atoms with Crippen LogP contribution in [0.4, 0.5) is 0 Å². The predicted octanol–water partition coefficient (Wildman–Crippen LogP) is 0.941. The third kappa shape index (κ3) is 1.52. The summed E-state index contributed by atoms with van der Waals surface area (Å²) in [7, 11) is 1.93. The highest BCUT2D eigenvalue weighted by atomic mass is 15.1. The van der Waals surface area contributed by atoms with Gasteiger partial charge in [0.1, 0.15) is 11.5 Å². The highest BCUT2D eigenvalue weighted by molar-refractivity contribution is 5.52. The van der Waals surface area contributed by atoms with E-state index in [1.165, 1.54) is 0 Å². The largest absolute Gasteiger partial charge is 0.336 e. The molecular formula is C10H12N4. The summed E-state index contributed by atoms with van der Waals surface area (Å²) in [6, 6.07) is 5.76. The number of aryl methyl sites for hydroxylation is 1. The Labute approximate surface area is 82.4 Å². The van der Waals surface area contributed by atoms with E-state index in [0.717, 1.165) is 17.2 Å². The SMILES string of the molecule is Cn1cc(-c2ccccn2)nc1CN. The van der Waals surface area contributed by atoms with Crippen LogP contribution in [0.5, 0.6) is 0 Å². The lowest BCUT2D eigenvalue weighted by molar-refractivity contribution is 0.794. The first-order valence-corrected chi connectivity index (χ1v) is 4.45. The molecule has 0 spiro atoms. The minimum absolute atomic E-state index is 0.448. The molecule has 0 amide bonds. The average Bonchev–Trinajstić information content (AvgIpc) is 2.61. The number of aromatic nitrogens is 3. The van der Waals surface area contributed by atoms with Crippen LogP contribution in [-0.2, 0) is 13.6 Å². The zero-order valence-corrected chi connectivity index (χ0v) is 8.01. The second-order valence-electron chi connectivity index (χ2n) is 3.07. The summed E-state index contributed by atoms with van der Waals surface area (Å²) in [5.74, 6) is 0.866. The minimum Gasteiger partial charge on any atom is -0.336 e. The van der Waals surface area contributed by atoms with Crippen molar-refractivity contribution in [3.63, 3.8) is 0 Å². The lowest BCUT2D eigenvalue weighted by Crippen LogP contribution is -2.03. The smallest absolute Gasteiger partial charge is 0.123 e. The van der Waals surface area contributed by atoms with Gasteiger partial charge in [-0.2, -0.15) is 0 Å². The van der Waals surface area contributed by atoms with Crippen molar-refractivity contribution in [1.82, 2.24) is 14.5 Å². The monoisotopic (exact) mass is 188 g/mol. The number of nitrogens with two attached hydrogens (primary N) is 1. The number of hydrogen-bond donors (Lipinski definition) is 1. The number of hydrogen-bond acceptors (Lipinski definition) is 3. The zero-order valence-electron chi connectivity index (χ0n) is 8.01. The van der Waals surface area contributed by atoms with Crippen molar-refractivity contribution in [2.75, 3.05) is 0 Å². The topological polar surface area (TPSA) is 56.7 Å². The van der Waals surface area contributed by atoms with Crippen molar-refractivity contribution in [3.05, 3.63) is 36.4 Å². The highest BCUT2D eigenvalue weighted by Gasteiger charge is 2.05. The van der Waals surface area contributed by atoms with Gasteiger partial charge in [-0.05, 0) is 12.1 Å². The molecule has 0 aliphatic rings. The van der Waals surface area contributed by atoms with Crippen molar-refractivity contribution in [3.8, 4) is 11.4 Å². The van der Waals surface area contributed by atoms with E-state index < -0.39 is 0 Å². The van der Waals surface area contributed by atoms with E-state index in [-0.39, 0.29) is 0 Å². The molecule has 2 rings (SSSR count). The quantitative estimate of drug-likeness (QED) is 0.763. The van der Waals surface area contributed by atoms with Crippen LogP contribution in [-0.4, -0.2) is 14.5 Å². The molecule has 0 fully saturated rings. The Morgan fingerprint density at radius 3 is 2.79 bits per heavy atom. The van der Waals surface area contributed by atoms with Crippen LogP contribution >= 0.6 is 0 Å². The van der Waals surface area contributed by atoms with Crippen molar-refractivity contribution in [2.45, 2.75) is 6.54 Å². The second kappa shape index (κ2) is 3.59. The van der Waals surface area contributed by atoms with Gasteiger partial charge in [0.2, 0.25) is 0 Å². The van der Waals surface area contributed by atoms with Gasteiger partial charge in [-0.15, -0.1) is 0 Å². The maximum atomic E-state index is 5.54. The fourth-order valence-electron chi connectivity index (χ4n) is 1.33. The molecule has 0 radical (unpaired) electrons. The lowest BCUT2D eigenvalue weighted by Gasteiger charge is -1.92. The number of nitrogens with zero attached hydrogens (tertiary/aromatic N) is 3. The van der Waals surface area contributed by atoms with Crippen LogP contribution in [0.25, 0.3) is 11.4 Å². The molecule has 0 saturated carbocycles. The van der Waals surface area contributed by atoms with Gasteiger partial charge in [0.15, 0.2) is 0 Å². The number of imidazole rings is 1. The standard InChI is InChI=1S/C10H12N4/c1-14-7-9(13-10(14)6-11)8-4-2-3-5-12-8/h2-5,7H,6,11H2,1H3. The Morgan fingerprint density at radius 1 is 1.36 bits per heavy atom. The second-order valence-corrected chi connectivity index (χ2v) is 3.07. The van der Waals surface area contributed by atoms with E-state index >= 15 is 0 Å². The molecule has 0 bridgehead atoms. The predicted molar refractivity (Wildman–Crippen MR) is 54.3 cm³/mol. The highest BCUT2D eigenvalue weighted by Crippen LogP contribution is 2.14. The average molecular weight is 188 g/mol. The van der Waals surface area contributed by atoms with Crippen LogP contribution in [0.15, 0.2) is 30.6 Å². The van der Waals surface area contributed by atoms with Gasteiger partial charge < -0.3 is 10.3 Å². The Balaban J connectivity index is 2.43. The first kappa shape index (κ1) is 8.90. The summed E-state index contributed by atoms with van der Waals surface area (Å²) >= 11 is 0. The zero-order chi connectivity index (χ0) is 9.97.